The van der Waals surface area contributed by atoms with Gasteiger partial charge in [-0.25, -0.2) is 9.18 Å². The van der Waals surface area contributed by atoms with Crippen LogP contribution in [0.15, 0.2) is 48.5 Å². The molecule has 28 heavy (non-hydrogen) atoms. The van der Waals surface area contributed by atoms with Crippen molar-refractivity contribution in [2.45, 2.75) is 26.3 Å². The van der Waals surface area contributed by atoms with Gasteiger partial charge in [-0.15, -0.1) is 0 Å². The van der Waals surface area contributed by atoms with Crippen LogP contribution in [0.1, 0.15) is 25.3 Å². The number of hydrogen-bond acceptors (Lipinski definition) is 2. The molecule has 0 saturated carbocycles. The Morgan fingerprint density at radius 2 is 1.82 bits per heavy atom. The Morgan fingerprint density at radius 1 is 1.14 bits per heavy atom. The Labute approximate surface area is 168 Å². The smallest absolute Gasteiger partial charge is 0.321 e. The molecule has 5 nitrogen and oxygen atoms in total. The highest BCUT2D eigenvalue weighted by molar-refractivity contribution is 6.30. The lowest BCUT2D eigenvalue weighted by Gasteiger charge is -2.39. The van der Waals surface area contributed by atoms with E-state index in [0.717, 1.165) is 12.0 Å². The molecule has 148 valence electrons. The standard InChI is InChI=1S/C21H23ClFN3O2/c1-21(19(27)24-13-15-3-7-17(23)8-4-15)11-2-12-26(14-21)20(28)25-18-9-5-16(22)6-10-18/h3-10H,2,11-14H2,1H3,(H,24,27)(H,25,28). The van der Waals surface area contributed by atoms with Crippen LogP contribution < -0.4 is 10.6 Å². The zero-order chi connectivity index (χ0) is 20.1. The molecule has 1 atom stereocenters. The summed E-state index contributed by atoms with van der Waals surface area (Å²) in [5, 5.41) is 6.35. The largest absolute Gasteiger partial charge is 0.351 e. The lowest BCUT2D eigenvalue weighted by Crippen LogP contribution is -2.52. The van der Waals surface area contributed by atoms with Crippen LogP contribution in [0.2, 0.25) is 5.02 Å². The van der Waals surface area contributed by atoms with E-state index in [1.165, 1.54) is 12.1 Å². The van der Waals surface area contributed by atoms with Crippen molar-refractivity contribution in [3.8, 4) is 0 Å². The second-order valence-corrected chi connectivity index (χ2v) is 7.77. The monoisotopic (exact) mass is 403 g/mol. The summed E-state index contributed by atoms with van der Waals surface area (Å²) in [6.45, 7) is 3.13. The predicted molar refractivity (Wildman–Crippen MR) is 108 cm³/mol. The molecule has 7 heteroatoms. The zero-order valence-electron chi connectivity index (χ0n) is 15.7. The molecule has 1 unspecified atom stereocenters. The summed E-state index contributed by atoms with van der Waals surface area (Å²) in [5.74, 6) is -0.419. The molecule has 2 aromatic rings. The number of nitrogens with zero attached hydrogens (tertiary/aromatic N) is 1. The molecule has 2 aromatic carbocycles. The highest BCUT2D eigenvalue weighted by Gasteiger charge is 2.39. The predicted octanol–water partition coefficient (Wildman–Crippen LogP) is 4.43. The summed E-state index contributed by atoms with van der Waals surface area (Å²) in [6, 6.07) is 12.7. The van der Waals surface area contributed by atoms with Crippen molar-refractivity contribution in [3.63, 3.8) is 0 Å². The van der Waals surface area contributed by atoms with E-state index in [-0.39, 0.29) is 17.8 Å². The number of benzene rings is 2. The molecule has 1 heterocycles. The zero-order valence-corrected chi connectivity index (χ0v) is 16.4. The molecule has 2 N–H and O–H groups in total. The topological polar surface area (TPSA) is 61.4 Å². The third kappa shape index (κ3) is 5.01. The molecule has 3 amide bonds. The van der Waals surface area contributed by atoms with Crippen LogP contribution in [0.3, 0.4) is 0 Å². The lowest BCUT2D eigenvalue weighted by molar-refractivity contribution is -0.132. The maximum atomic E-state index is 13.0. The Kier molecular flexibility index (Phi) is 6.19. The van der Waals surface area contributed by atoms with Gasteiger partial charge in [-0.2, -0.15) is 0 Å². The Balaban J connectivity index is 1.58. The second-order valence-electron chi connectivity index (χ2n) is 7.33. The summed E-state index contributed by atoms with van der Waals surface area (Å²) >= 11 is 5.86. The average Bonchev–Trinajstić information content (AvgIpc) is 2.69. The van der Waals surface area contributed by atoms with Crippen molar-refractivity contribution in [1.29, 1.82) is 0 Å². The van der Waals surface area contributed by atoms with E-state index in [4.69, 9.17) is 11.6 Å². The average molecular weight is 404 g/mol. The number of likely N-dealkylation sites (tertiary alicyclic amines) is 1. The number of carbonyl (C=O) groups is 2. The van der Waals surface area contributed by atoms with Crippen LogP contribution in [0.25, 0.3) is 0 Å². The number of piperidine rings is 1. The van der Waals surface area contributed by atoms with E-state index < -0.39 is 5.41 Å². The minimum atomic E-state index is -0.671. The first-order chi connectivity index (χ1) is 13.4. The van der Waals surface area contributed by atoms with Crippen molar-refractivity contribution in [1.82, 2.24) is 10.2 Å². The Morgan fingerprint density at radius 3 is 2.50 bits per heavy atom. The number of carbonyl (C=O) groups excluding carboxylic acids is 2. The van der Waals surface area contributed by atoms with Crippen LogP contribution in [-0.2, 0) is 11.3 Å². The fourth-order valence-corrected chi connectivity index (χ4v) is 3.46. The van der Waals surface area contributed by atoms with Crippen LogP contribution in [0.5, 0.6) is 0 Å². The number of rotatable bonds is 4. The van der Waals surface area contributed by atoms with Crippen LogP contribution in [0.4, 0.5) is 14.9 Å². The maximum Gasteiger partial charge on any atom is 0.321 e. The SMILES string of the molecule is CC1(C(=O)NCc2ccc(F)cc2)CCCN(C(=O)Nc2ccc(Cl)cc2)C1. The fourth-order valence-electron chi connectivity index (χ4n) is 3.33. The van der Waals surface area contributed by atoms with E-state index >= 15 is 0 Å². The molecule has 1 aliphatic rings. The van der Waals surface area contributed by atoms with Crippen molar-refractivity contribution in [2.75, 3.05) is 18.4 Å². The normalized spacial score (nSPS) is 19.2. The third-order valence-corrected chi connectivity index (χ3v) is 5.25. The van der Waals surface area contributed by atoms with Gasteiger partial charge in [0.2, 0.25) is 5.91 Å². The van der Waals surface area contributed by atoms with E-state index in [1.807, 2.05) is 6.92 Å². The molecule has 3 rings (SSSR count). The number of nitrogens with one attached hydrogen (secondary N) is 2. The van der Waals surface area contributed by atoms with Crippen molar-refractivity contribution >= 4 is 29.2 Å². The van der Waals surface area contributed by atoms with Gasteiger partial charge in [-0.3, -0.25) is 4.79 Å². The molecule has 0 bridgehead atoms. The number of anilines is 1. The van der Waals surface area contributed by atoms with Crippen molar-refractivity contribution in [2.24, 2.45) is 5.41 Å². The molecule has 1 aliphatic heterocycles. The molecule has 0 radical (unpaired) electrons. The summed E-state index contributed by atoms with van der Waals surface area (Å²) in [6.07, 6.45) is 1.45. The Bertz CT molecular complexity index is 842. The van der Waals surface area contributed by atoms with Crippen molar-refractivity contribution < 1.29 is 14.0 Å². The highest BCUT2D eigenvalue weighted by atomic mass is 35.5. The minimum Gasteiger partial charge on any atom is -0.351 e. The summed E-state index contributed by atoms with van der Waals surface area (Å²) in [4.78, 5) is 27.0. The van der Waals surface area contributed by atoms with Crippen LogP contribution in [0, 0.1) is 11.2 Å². The van der Waals surface area contributed by atoms with Crippen LogP contribution >= 0.6 is 11.6 Å². The summed E-state index contributed by atoms with van der Waals surface area (Å²) < 4.78 is 13.0. The van der Waals surface area contributed by atoms with Gasteiger partial charge >= 0.3 is 6.03 Å². The second kappa shape index (κ2) is 8.61. The summed E-state index contributed by atoms with van der Waals surface area (Å²) in [5.41, 5.74) is 0.809. The number of hydrogen-bond donors (Lipinski definition) is 2. The summed E-state index contributed by atoms with van der Waals surface area (Å²) in [7, 11) is 0. The van der Waals surface area contributed by atoms with Crippen molar-refractivity contribution in [3.05, 3.63) is 64.9 Å². The molecule has 0 aliphatic carbocycles. The Hall–Kier alpha value is -2.60. The first-order valence-electron chi connectivity index (χ1n) is 9.20. The van der Waals surface area contributed by atoms with E-state index in [2.05, 4.69) is 10.6 Å². The molecule has 0 spiro atoms. The van der Waals surface area contributed by atoms with Gasteiger partial charge in [-0.05, 0) is 61.7 Å². The number of amides is 3. The number of halogens is 2. The first-order valence-corrected chi connectivity index (χ1v) is 9.58. The lowest BCUT2D eigenvalue weighted by atomic mass is 9.81. The molecule has 1 saturated heterocycles. The van der Waals surface area contributed by atoms with Gasteiger partial charge < -0.3 is 15.5 Å². The van der Waals surface area contributed by atoms with Gasteiger partial charge in [-0.1, -0.05) is 23.7 Å². The number of urea groups is 1. The molecule has 1 fully saturated rings. The highest BCUT2D eigenvalue weighted by Crippen LogP contribution is 2.30. The van der Waals surface area contributed by atoms with Gasteiger partial charge in [0.25, 0.3) is 0 Å². The van der Waals surface area contributed by atoms with E-state index in [9.17, 15) is 14.0 Å². The first kappa shape index (κ1) is 20.1. The van der Waals surface area contributed by atoms with Gasteiger partial charge in [0.1, 0.15) is 5.82 Å². The minimum absolute atomic E-state index is 0.110. The quantitative estimate of drug-likeness (QED) is 0.793. The van der Waals surface area contributed by atoms with E-state index in [1.54, 1.807) is 41.3 Å². The van der Waals surface area contributed by atoms with Crippen LogP contribution in [-0.4, -0.2) is 29.9 Å². The fraction of sp³-hybridized carbons (Fsp3) is 0.333. The third-order valence-electron chi connectivity index (χ3n) is 4.99. The molecule has 0 aromatic heterocycles. The molecular formula is C21H23ClFN3O2. The van der Waals surface area contributed by atoms with Gasteiger partial charge in [0.15, 0.2) is 0 Å². The van der Waals surface area contributed by atoms with Gasteiger partial charge in [0.05, 0.1) is 5.41 Å². The van der Waals surface area contributed by atoms with E-state index in [0.29, 0.717) is 36.8 Å². The molecular weight excluding hydrogens is 381 g/mol. The van der Waals surface area contributed by atoms with Gasteiger partial charge in [0, 0.05) is 30.3 Å². The maximum absolute atomic E-state index is 13.0.